The van der Waals surface area contributed by atoms with Crippen molar-refractivity contribution < 1.29 is 4.79 Å². The third-order valence-electron chi connectivity index (χ3n) is 3.14. The smallest absolute Gasteiger partial charge is 0.227 e. The molecule has 0 bridgehead atoms. The van der Waals surface area contributed by atoms with E-state index in [1.807, 2.05) is 4.90 Å². The summed E-state index contributed by atoms with van der Waals surface area (Å²) in [5.41, 5.74) is 0. The lowest BCUT2D eigenvalue weighted by Crippen LogP contribution is -2.41. The fraction of sp³-hybridized carbons (Fsp3) is 0.917. The molecule has 1 heterocycles. The third kappa shape index (κ3) is 3.20. The van der Waals surface area contributed by atoms with Crippen molar-refractivity contribution in [3.63, 3.8) is 0 Å². The summed E-state index contributed by atoms with van der Waals surface area (Å²) in [7, 11) is 0. The number of amides is 1. The van der Waals surface area contributed by atoms with Crippen molar-refractivity contribution in [2.24, 2.45) is 5.92 Å². The van der Waals surface area contributed by atoms with Gasteiger partial charge in [0.2, 0.25) is 5.91 Å². The normalized spacial score (nSPS) is 25.5. The van der Waals surface area contributed by atoms with E-state index in [-0.39, 0.29) is 5.92 Å². The standard InChI is InChI=1S/C12H24N2O/c1-4-8-14(9-5-2)12(15)11-6-7-13-10(11)3/h10-11,13H,4-9H2,1-3H3. The lowest BCUT2D eigenvalue weighted by Gasteiger charge is -2.26. The molecule has 0 aromatic heterocycles. The molecule has 0 aromatic carbocycles. The molecule has 1 aliphatic heterocycles. The van der Waals surface area contributed by atoms with Crippen LogP contribution in [0, 0.1) is 5.92 Å². The summed E-state index contributed by atoms with van der Waals surface area (Å²) in [4.78, 5) is 14.3. The summed E-state index contributed by atoms with van der Waals surface area (Å²) in [5, 5.41) is 3.34. The molecule has 1 aliphatic rings. The van der Waals surface area contributed by atoms with Crippen molar-refractivity contribution >= 4 is 5.91 Å². The van der Waals surface area contributed by atoms with Gasteiger partial charge in [0.25, 0.3) is 0 Å². The second kappa shape index (κ2) is 6.11. The highest BCUT2D eigenvalue weighted by Gasteiger charge is 2.31. The van der Waals surface area contributed by atoms with Gasteiger partial charge in [0.15, 0.2) is 0 Å². The predicted molar refractivity (Wildman–Crippen MR) is 62.7 cm³/mol. The zero-order chi connectivity index (χ0) is 11.3. The number of nitrogens with zero attached hydrogens (tertiary/aromatic N) is 1. The van der Waals surface area contributed by atoms with Crippen LogP contribution < -0.4 is 5.32 Å². The first-order valence-corrected chi connectivity index (χ1v) is 6.22. The van der Waals surface area contributed by atoms with Gasteiger partial charge in [-0.25, -0.2) is 0 Å². The van der Waals surface area contributed by atoms with Gasteiger partial charge in [0.1, 0.15) is 0 Å². The van der Waals surface area contributed by atoms with Gasteiger partial charge in [-0.15, -0.1) is 0 Å². The maximum absolute atomic E-state index is 12.2. The van der Waals surface area contributed by atoms with Crippen molar-refractivity contribution in [2.45, 2.75) is 46.1 Å². The molecule has 15 heavy (non-hydrogen) atoms. The van der Waals surface area contributed by atoms with E-state index < -0.39 is 0 Å². The summed E-state index contributed by atoms with van der Waals surface area (Å²) in [6.07, 6.45) is 3.12. The third-order valence-corrected chi connectivity index (χ3v) is 3.14. The maximum Gasteiger partial charge on any atom is 0.227 e. The molecule has 88 valence electrons. The number of hydrogen-bond acceptors (Lipinski definition) is 2. The van der Waals surface area contributed by atoms with E-state index in [4.69, 9.17) is 0 Å². The molecule has 1 amide bonds. The zero-order valence-electron chi connectivity index (χ0n) is 10.3. The molecule has 0 radical (unpaired) electrons. The number of carbonyl (C=O) groups excluding carboxylic acids is 1. The Morgan fingerprint density at radius 1 is 1.33 bits per heavy atom. The first-order valence-electron chi connectivity index (χ1n) is 6.22. The van der Waals surface area contributed by atoms with E-state index in [0.717, 1.165) is 38.9 Å². The Morgan fingerprint density at radius 3 is 2.33 bits per heavy atom. The molecule has 1 N–H and O–H groups in total. The lowest BCUT2D eigenvalue weighted by molar-refractivity contribution is -0.135. The quantitative estimate of drug-likeness (QED) is 0.751. The minimum absolute atomic E-state index is 0.211. The van der Waals surface area contributed by atoms with Gasteiger partial charge in [-0.1, -0.05) is 13.8 Å². The predicted octanol–water partition coefficient (Wildman–Crippen LogP) is 1.63. The fourth-order valence-corrected chi connectivity index (χ4v) is 2.30. The van der Waals surface area contributed by atoms with Gasteiger partial charge in [-0.05, 0) is 32.7 Å². The molecule has 3 nitrogen and oxygen atoms in total. The fourth-order valence-electron chi connectivity index (χ4n) is 2.30. The van der Waals surface area contributed by atoms with Gasteiger partial charge in [-0.2, -0.15) is 0 Å². The highest BCUT2D eigenvalue weighted by molar-refractivity contribution is 5.79. The molecule has 1 saturated heterocycles. The highest BCUT2D eigenvalue weighted by Crippen LogP contribution is 2.18. The van der Waals surface area contributed by atoms with Gasteiger partial charge < -0.3 is 10.2 Å². The van der Waals surface area contributed by atoms with E-state index in [0.29, 0.717) is 11.9 Å². The Morgan fingerprint density at radius 2 is 1.93 bits per heavy atom. The van der Waals surface area contributed by atoms with E-state index in [1.165, 1.54) is 0 Å². The van der Waals surface area contributed by atoms with E-state index in [9.17, 15) is 4.79 Å². The number of carbonyl (C=O) groups is 1. The molecule has 0 saturated carbocycles. The van der Waals surface area contributed by atoms with Crippen LogP contribution in [0.3, 0.4) is 0 Å². The van der Waals surface area contributed by atoms with Crippen LogP contribution in [0.2, 0.25) is 0 Å². The second-order valence-corrected chi connectivity index (χ2v) is 4.46. The minimum atomic E-state index is 0.211. The summed E-state index contributed by atoms with van der Waals surface area (Å²) in [6, 6.07) is 0.355. The van der Waals surface area contributed by atoms with Gasteiger partial charge in [-0.3, -0.25) is 4.79 Å². The summed E-state index contributed by atoms with van der Waals surface area (Å²) in [6.45, 7) is 9.19. The molecular weight excluding hydrogens is 188 g/mol. The largest absolute Gasteiger partial charge is 0.342 e. The summed E-state index contributed by atoms with van der Waals surface area (Å²) < 4.78 is 0. The SMILES string of the molecule is CCCN(CCC)C(=O)C1CCNC1C. The van der Waals surface area contributed by atoms with E-state index in [2.05, 4.69) is 26.1 Å². The first-order chi connectivity index (χ1) is 7.20. The van der Waals surface area contributed by atoms with Gasteiger partial charge >= 0.3 is 0 Å². The van der Waals surface area contributed by atoms with Crippen molar-refractivity contribution in [1.82, 2.24) is 10.2 Å². The number of rotatable bonds is 5. The van der Waals surface area contributed by atoms with Crippen LogP contribution in [0.4, 0.5) is 0 Å². The molecule has 0 aliphatic carbocycles. The summed E-state index contributed by atoms with van der Waals surface area (Å²) in [5.74, 6) is 0.569. The van der Waals surface area contributed by atoms with Crippen molar-refractivity contribution in [1.29, 1.82) is 0 Å². The lowest BCUT2D eigenvalue weighted by atomic mass is 10.00. The molecule has 0 spiro atoms. The van der Waals surface area contributed by atoms with E-state index in [1.54, 1.807) is 0 Å². The Bertz CT molecular complexity index is 200. The van der Waals surface area contributed by atoms with Gasteiger partial charge in [0, 0.05) is 19.1 Å². The molecule has 2 unspecified atom stereocenters. The molecule has 0 aromatic rings. The Balaban J connectivity index is 2.54. The summed E-state index contributed by atoms with van der Waals surface area (Å²) >= 11 is 0. The Kier molecular flexibility index (Phi) is 5.09. The second-order valence-electron chi connectivity index (χ2n) is 4.46. The van der Waals surface area contributed by atoms with Crippen molar-refractivity contribution in [3.05, 3.63) is 0 Å². The molecule has 1 fully saturated rings. The molecule has 3 heteroatoms. The van der Waals surface area contributed by atoms with Gasteiger partial charge in [0.05, 0.1) is 5.92 Å². The van der Waals surface area contributed by atoms with Crippen molar-refractivity contribution in [2.75, 3.05) is 19.6 Å². The average molecular weight is 212 g/mol. The maximum atomic E-state index is 12.2. The van der Waals surface area contributed by atoms with Crippen LogP contribution in [0.1, 0.15) is 40.0 Å². The molecular formula is C12H24N2O. The monoisotopic (exact) mass is 212 g/mol. The van der Waals surface area contributed by atoms with Crippen molar-refractivity contribution in [3.8, 4) is 0 Å². The van der Waals surface area contributed by atoms with Crippen LogP contribution in [-0.4, -0.2) is 36.5 Å². The van der Waals surface area contributed by atoms with Crippen LogP contribution in [0.15, 0.2) is 0 Å². The Hall–Kier alpha value is -0.570. The number of nitrogens with one attached hydrogen (secondary N) is 1. The average Bonchev–Trinajstić information content (AvgIpc) is 2.63. The zero-order valence-corrected chi connectivity index (χ0v) is 10.3. The van der Waals surface area contributed by atoms with Crippen LogP contribution in [-0.2, 0) is 4.79 Å². The van der Waals surface area contributed by atoms with Crippen LogP contribution >= 0.6 is 0 Å². The van der Waals surface area contributed by atoms with Crippen LogP contribution in [0.25, 0.3) is 0 Å². The number of hydrogen-bond donors (Lipinski definition) is 1. The Labute approximate surface area is 93.2 Å². The van der Waals surface area contributed by atoms with Crippen LogP contribution in [0.5, 0.6) is 0 Å². The molecule has 2 atom stereocenters. The highest BCUT2D eigenvalue weighted by atomic mass is 16.2. The topological polar surface area (TPSA) is 32.3 Å². The van der Waals surface area contributed by atoms with E-state index >= 15 is 0 Å². The molecule has 1 rings (SSSR count). The minimum Gasteiger partial charge on any atom is -0.342 e. The first kappa shape index (κ1) is 12.5.